The van der Waals surface area contributed by atoms with Crippen LogP contribution in [0, 0.1) is 0 Å². The number of rotatable bonds is 10. The molecule has 0 amide bonds. The third kappa shape index (κ3) is 5.61. The van der Waals surface area contributed by atoms with Crippen LogP contribution in [0.5, 0.6) is 5.75 Å². The van der Waals surface area contributed by atoms with Crippen molar-refractivity contribution in [2.24, 2.45) is 0 Å². The fraction of sp³-hybridized carbons (Fsp3) is 0.129. The van der Waals surface area contributed by atoms with Gasteiger partial charge >= 0.3 is 13.8 Å². The van der Waals surface area contributed by atoms with Crippen LogP contribution in [0.3, 0.4) is 0 Å². The van der Waals surface area contributed by atoms with Gasteiger partial charge in [0.25, 0.3) is 0 Å². The van der Waals surface area contributed by atoms with E-state index in [1.54, 1.807) is 23.5 Å². The van der Waals surface area contributed by atoms with Gasteiger partial charge in [0.2, 0.25) is 0 Å². The summed E-state index contributed by atoms with van der Waals surface area (Å²) >= 11 is 1.58. The zero-order valence-corrected chi connectivity index (χ0v) is 23.8. The highest BCUT2D eigenvalue weighted by molar-refractivity contribution is 7.53. The van der Waals surface area contributed by atoms with Crippen LogP contribution in [0.2, 0.25) is 0 Å². The quantitative estimate of drug-likeness (QED) is 0.160. The van der Waals surface area contributed by atoms with Crippen LogP contribution in [0.25, 0.3) is 27.3 Å². The predicted octanol–water partition coefficient (Wildman–Crippen LogP) is 7.92. The molecule has 0 aliphatic rings. The van der Waals surface area contributed by atoms with E-state index in [0.717, 1.165) is 37.4 Å². The van der Waals surface area contributed by atoms with E-state index in [4.69, 9.17) is 9.51 Å². The number of alkyl halides is 2. The second kappa shape index (κ2) is 11.6. The van der Waals surface area contributed by atoms with E-state index in [1.807, 2.05) is 83.5 Å². The minimum atomic E-state index is -5.09. The molecule has 11 heteroatoms. The van der Waals surface area contributed by atoms with Gasteiger partial charge in [-0.15, -0.1) is 16.4 Å². The van der Waals surface area contributed by atoms with E-state index in [-0.39, 0.29) is 5.75 Å². The molecule has 0 spiro atoms. The van der Waals surface area contributed by atoms with Crippen LogP contribution in [0.4, 0.5) is 8.78 Å². The number of thiazole rings is 1. The Kier molecular flexibility index (Phi) is 7.68. The molecule has 6 aromatic rings. The van der Waals surface area contributed by atoms with Gasteiger partial charge in [-0.05, 0) is 53.9 Å². The van der Waals surface area contributed by atoms with Gasteiger partial charge in [0, 0.05) is 6.42 Å². The molecule has 0 fully saturated rings. The lowest BCUT2D eigenvalue weighted by atomic mass is 9.87. The second-order valence-electron chi connectivity index (χ2n) is 9.78. The Balaban J connectivity index is 1.49. The van der Waals surface area contributed by atoms with Crippen LogP contribution in [0.15, 0.2) is 109 Å². The average Bonchev–Trinajstić information content (AvgIpc) is 3.63. The molecule has 42 heavy (non-hydrogen) atoms. The SMILES string of the molecule is O=P(O)(Oc1ccc(C[C@@](C/C=C/c2ccccc2)(c2nc3ccccc3s2)n2nnc3ccccc32)cc1)C(F)F. The lowest BCUT2D eigenvalue weighted by Gasteiger charge is -2.32. The molecule has 6 rings (SSSR count). The van der Waals surface area contributed by atoms with Crippen molar-refractivity contribution < 1.29 is 22.8 Å². The van der Waals surface area contributed by atoms with Gasteiger partial charge in [-0.1, -0.05) is 84.1 Å². The highest BCUT2D eigenvalue weighted by Crippen LogP contribution is 2.49. The molecule has 1 unspecified atom stereocenters. The molecular weight excluding hydrogens is 577 g/mol. The first kappa shape index (κ1) is 27.9. The minimum absolute atomic E-state index is 0.120. The molecule has 212 valence electrons. The summed E-state index contributed by atoms with van der Waals surface area (Å²) in [4.78, 5) is 14.6. The highest BCUT2D eigenvalue weighted by Gasteiger charge is 2.40. The zero-order valence-electron chi connectivity index (χ0n) is 22.1. The van der Waals surface area contributed by atoms with Gasteiger partial charge in [-0.3, -0.25) is 0 Å². The van der Waals surface area contributed by atoms with Crippen molar-refractivity contribution >= 4 is 46.3 Å². The number of fused-ring (bicyclic) bond motifs is 2. The van der Waals surface area contributed by atoms with Crippen LogP contribution in [-0.4, -0.2) is 31.0 Å². The summed E-state index contributed by atoms with van der Waals surface area (Å²) in [6.07, 6.45) is 1.57. The number of allylic oxidation sites excluding steroid dienone is 1. The maximum Gasteiger partial charge on any atom is 0.442 e. The van der Waals surface area contributed by atoms with E-state index in [2.05, 4.69) is 22.5 Å². The number of hydrogen-bond acceptors (Lipinski definition) is 6. The molecule has 0 aliphatic carbocycles. The molecule has 0 aliphatic heterocycles. The minimum Gasteiger partial charge on any atom is -0.421 e. The molecule has 0 bridgehead atoms. The summed E-state index contributed by atoms with van der Waals surface area (Å²) in [7, 11) is -5.09. The predicted molar refractivity (Wildman–Crippen MR) is 161 cm³/mol. The van der Waals surface area contributed by atoms with Crippen LogP contribution >= 0.6 is 18.9 Å². The summed E-state index contributed by atoms with van der Waals surface area (Å²) in [6.45, 7) is 0. The Labute approximate surface area is 244 Å². The topological polar surface area (TPSA) is 90.1 Å². The van der Waals surface area contributed by atoms with Crippen LogP contribution in [0.1, 0.15) is 22.6 Å². The summed E-state index contributed by atoms with van der Waals surface area (Å²) in [5, 5.41) is 9.93. The number of para-hydroxylation sites is 2. The Hall–Kier alpha value is -4.24. The lowest BCUT2D eigenvalue weighted by molar-refractivity contribution is 0.188. The van der Waals surface area contributed by atoms with Crippen LogP contribution in [-0.2, 0) is 16.5 Å². The lowest BCUT2D eigenvalue weighted by Crippen LogP contribution is -2.38. The second-order valence-corrected chi connectivity index (χ2v) is 12.5. The fourth-order valence-corrected chi connectivity index (χ4v) is 6.55. The highest BCUT2D eigenvalue weighted by atomic mass is 32.1. The van der Waals surface area contributed by atoms with Gasteiger partial charge in [0.05, 0.1) is 15.7 Å². The van der Waals surface area contributed by atoms with Crippen molar-refractivity contribution in [2.75, 3.05) is 0 Å². The third-order valence-corrected chi connectivity index (χ3v) is 9.11. The number of halogens is 2. The van der Waals surface area contributed by atoms with Crippen molar-refractivity contribution in [3.63, 3.8) is 0 Å². The molecule has 2 aromatic heterocycles. The number of benzene rings is 4. The zero-order chi connectivity index (χ0) is 29.2. The molecule has 0 saturated heterocycles. The molecular formula is C31H25F2N4O3PS. The average molecular weight is 603 g/mol. The number of aromatic nitrogens is 4. The van der Waals surface area contributed by atoms with E-state index in [1.165, 1.54) is 12.1 Å². The first-order valence-electron chi connectivity index (χ1n) is 13.1. The molecule has 4 aromatic carbocycles. The first-order chi connectivity index (χ1) is 20.3. The van der Waals surface area contributed by atoms with E-state index < -0.39 is 19.3 Å². The van der Waals surface area contributed by atoms with Gasteiger partial charge in [-0.25, -0.2) is 14.2 Å². The van der Waals surface area contributed by atoms with Gasteiger partial charge in [0.15, 0.2) is 0 Å². The molecule has 2 atom stereocenters. The maximum absolute atomic E-state index is 12.9. The standard InChI is InChI=1S/C31H25F2N4O3PS/c32-30(33)41(38,39)40-24-18-16-23(17-19-24)21-31(20-8-11-22-9-2-1-3-10-22,29-34-26-13-5-7-15-28(26)42-29)37-27-14-6-4-12-25(27)35-36-37/h1-19,30H,20-21H2,(H,38,39)/b11-8+/t31-/m0/s1. The summed E-state index contributed by atoms with van der Waals surface area (Å²) < 4.78 is 45.3. The van der Waals surface area contributed by atoms with Gasteiger partial charge < -0.3 is 9.42 Å². The molecule has 7 nitrogen and oxygen atoms in total. The Morgan fingerprint density at radius 1 is 0.929 bits per heavy atom. The summed E-state index contributed by atoms with van der Waals surface area (Å²) in [5.74, 6) is -0.120. The fourth-order valence-electron chi connectivity index (χ4n) is 4.89. The third-order valence-electron chi connectivity index (χ3n) is 6.92. The monoisotopic (exact) mass is 602 g/mol. The van der Waals surface area contributed by atoms with Crippen molar-refractivity contribution in [1.29, 1.82) is 0 Å². The maximum atomic E-state index is 12.9. The van der Waals surface area contributed by atoms with E-state index >= 15 is 0 Å². The van der Waals surface area contributed by atoms with Crippen molar-refractivity contribution in [1.82, 2.24) is 20.0 Å². The normalized spacial score (nSPS) is 14.9. The largest absolute Gasteiger partial charge is 0.442 e. The van der Waals surface area contributed by atoms with E-state index in [0.29, 0.717) is 12.8 Å². The van der Waals surface area contributed by atoms with E-state index in [9.17, 15) is 18.2 Å². The van der Waals surface area contributed by atoms with Crippen LogP contribution < -0.4 is 4.52 Å². The Morgan fingerprint density at radius 3 is 2.36 bits per heavy atom. The first-order valence-corrected chi connectivity index (χ1v) is 15.6. The van der Waals surface area contributed by atoms with Gasteiger partial charge in [0.1, 0.15) is 21.8 Å². The number of hydrogen-bond donors (Lipinski definition) is 1. The van der Waals surface area contributed by atoms with Crippen molar-refractivity contribution in [2.45, 2.75) is 24.5 Å². The molecule has 0 saturated carbocycles. The Morgan fingerprint density at radius 2 is 1.62 bits per heavy atom. The number of nitrogens with zero attached hydrogens (tertiary/aromatic N) is 4. The summed E-state index contributed by atoms with van der Waals surface area (Å²) in [6, 6.07) is 31.9. The molecule has 2 heterocycles. The molecule has 0 radical (unpaired) electrons. The smallest absolute Gasteiger partial charge is 0.421 e. The van der Waals surface area contributed by atoms with Gasteiger partial charge in [-0.2, -0.15) is 8.78 Å². The molecule has 1 N–H and O–H groups in total. The van der Waals surface area contributed by atoms with Crippen molar-refractivity contribution in [3.8, 4) is 5.75 Å². The van der Waals surface area contributed by atoms with Crippen molar-refractivity contribution in [3.05, 3.63) is 125 Å². The summed E-state index contributed by atoms with van der Waals surface area (Å²) in [5.41, 5.74) is 3.48. The Bertz CT molecular complexity index is 1880.